The number of rotatable bonds is 3. The van der Waals surface area contributed by atoms with Crippen LogP contribution in [-0.4, -0.2) is 28.0 Å². The zero-order valence-electron chi connectivity index (χ0n) is 11.0. The summed E-state index contributed by atoms with van der Waals surface area (Å²) in [5.74, 6) is 0.348. The fourth-order valence-corrected chi connectivity index (χ4v) is 2.59. The second kappa shape index (κ2) is 5.99. The van der Waals surface area contributed by atoms with Gasteiger partial charge in [0, 0.05) is 23.8 Å². The van der Waals surface area contributed by atoms with Crippen molar-refractivity contribution in [2.45, 2.75) is 12.8 Å². The molecule has 0 aliphatic carbocycles. The van der Waals surface area contributed by atoms with Crippen LogP contribution in [0.1, 0.15) is 12.8 Å². The molecule has 2 aromatic rings. The Morgan fingerprint density at radius 1 is 1.05 bits per heavy atom. The van der Waals surface area contributed by atoms with Crippen molar-refractivity contribution in [2.75, 3.05) is 23.3 Å². The van der Waals surface area contributed by atoms with Crippen LogP contribution < -0.4 is 10.2 Å². The van der Waals surface area contributed by atoms with Gasteiger partial charge < -0.3 is 10.2 Å². The second-order valence-corrected chi connectivity index (χ2v) is 5.48. The quantitative estimate of drug-likeness (QED) is 0.932. The minimum Gasteiger partial charge on any atom is -0.341 e. The van der Waals surface area contributed by atoms with Crippen molar-refractivity contribution < 1.29 is 4.39 Å². The standard InChI is InChI=1S/C13H12Cl2FN5/c14-8-5-9(16)7-10(6-8)17-12-18-11(15)19-13(20-12)21-3-1-2-4-21/h5-7H,1-4H2,(H,17,18,19,20). The minimum atomic E-state index is -0.440. The Balaban J connectivity index is 1.87. The van der Waals surface area contributed by atoms with Gasteiger partial charge in [0.15, 0.2) is 0 Å². The molecule has 1 aromatic heterocycles. The lowest BCUT2D eigenvalue weighted by Crippen LogP contribution is -2.21. The fraction of sp³-hybridized carbons (Fsp3) is 0.308. The largest absolute Gasteiger partial charge is 0.341 e. The third-order valence-corrected chi connectivity index (χ3v) is 3.49. The normalized spacial score (nSPS) is 14.5. The molecule has 0 atom stereocenters. The highest BCUT2D eigenvalue weighted by Gasteiger charge is 2.17. The summed E-state index contributed by atoms with van der Waals surface area (Å²) in [4.78, 5) is 14.5. The molecule has 1 N–H and O–H groups in total. The maximum absolute atomic E-state index is 13.3. The lowest BCUT2D eigenvalue weighted by molar-refractivity contribution is 0.628. The predicted octanol–water partition coefficient (Wildman–Crippen LogP) is 3.66. The minimum absolute atomic E-state index is 0.0944. The molecule has 0 bridgehead atoms. The maximum atomic E-state index is 13.3. The van der Waals surface area contributed by atoms with E-state index >= 15 is 0 Å². The maximum Gasteiger partial charge on any atom is 0.233 e. The fourth-order valence-electron chi connectivity index (χ4n) is 2.21. The van der Waals surface area contributed by atoms with Gasteiger partial charge in [-0.15, -0.1) is 0 Å². The average Bonchev–Trinajstić information content (AvgIpc) is 2.90. The number of nitrogens with one attached hydrogen (secondary N) is 1. The van der Waals surface area contributed by atoms with Crippen molar-refractivity contribution in [1.29, 1.82) is 0 Å². The van der Waals surface area contributed by atoms with Gasteiger partial charge in [0.25, 0.3) is 0 Å². The van der Waals surface area contributed by atoms with Crippen LogP contribution >= 0.6 is 23.2 Å². The Morgan fingerprint density at radius 3 is 2.52 bits per heavy atom. The summed E-state index contributed by atoms with van der Waals surface area (Å²) in [5, 5.41) is 3.28. The third kappa shape index (κ3) is 3.51. The van der Waals surface area contributed by atoms with E-state index in [1.807, 2.05) is 4.90 Å². The van der Waals surface area contributed by atoms with Gasteiger partial charge in [-0.1, -0.05) is 11.6 Å². The van der Waals surface area contributed by atoms with Gasteiger partial charge in [0.2, 0.25) is 17.2 Å². The molecule has 0 spiro atoms. The number of benzene rings is 1. The number of halogens is 3. The van der Waals surface area contributed by atoms with E-state index in [1.165, 1.54) is 12.1 Å². The first-order valence-corrected chi connectivity index (χ1v) is 7.25. The van der Waals surface area contributed by atoms with Crippen molar-refractivity contribution in [1.82, 2.24) is 15.0 Å². The van der Waals surface area contributed by atoms with Crippen LogP contribution in [0.2, 0.25) is 10.3 Å². The van der Waals surface area contributed by atoms with Crippen molar-refractivity contribution >= 4 is 40.8 Å². The third-order valence-electron chi connectivity index (χ3n) is 3.10. The van der Waals surface area contributed by atoms with E-state index in [-0.39, 0.29) is 16.3 Å². The van der Waals surface area contributed by atoms with Crippen molar-refractivity contribution in [2.24, 2.45) is 0 Å². The van der Waals surface area contributed by atoms with Crippen molar-refractivity contribution in [3.05, 3.63) is 34.3 Å². The molecular weight excluding hydrogens is 316 g/mol. The molecule has 0 amide bonds. The molecule has 110 valence electrons. The van der Waals surface area contributed by atoms with E-state index in [0.29, 0.717) is 11.6 Å². The number of nitrogens with zero attached hydrogens (tertiary/aromatic N) is 4. The first kappa shape index (κ1) is 14.3. The zero-order valence-corrected chi connectivity index (χ0v) is 12.5. The molecule has 0 radical (unpaired) electrons. The Morgan fingerprint density at radius 2 is 1.81 bits per heavy atom. The van der Waals surface area contributed by atoms with Gasteiger partial charge in [-0.25, -0.2) is 4.39 Å². The molecule has 2 heterocycles. The van der Waals surface area contributed by atoms with Gasteiger partial charge in [-0.3, -0.25) is 0 Å². The first-order valence-electron chi connectivity index (χ1n) is 6.50. The number of aromatic nitrogens is 3. The van der Waals surface area contributed by atoms with Gasteiger partial charge in [0.05, 0.1) is 0 Å². The van der Waals surface area contributed by atoms with E-state index in [2.05, 4.69) is 20.3 Å². The van der Waals surface area contributed by atoms with E-state index in [4.69, 9.17) is 23.2 Å². The van der Waals surface area contributed by atoms with Gasteiger partial charge in [0.1, 0.15) is 5.82 Å². The van der Waals surface area contributed by atoms with Crippen molar-refractivity contribution in [3.8, 4) is 0 Å². The smallest absolute Gasteiger partial charge is 0.233 e. The molecular formula is C13H12Cl2FN5. The van der Waals surface area contributed by atoms with Crippen LogP contribution in [0.15, 0.2) is 18.2 Å². The number of hydrogen-bond donors (Lipinski definition) is 1. The molecule has 8 heteroatoms. The molecule has 21 heavy (non-hydrogen) atoms. The van der Waals surface area contributed by atoms with Gasteiger partial charge >= 0.3 is 0 Å². The number of hydrogen-bond acceptors (Lipinski definition) is 5. The Bertz CT molecular complexity index is 641. The lowest BCUT2D eigenvalue weighted by Gasteiger charge is -2.15. The predicted molar refractivity (Wildman–Crippen MR) is 81.0 cm³/mol. The Hall–Kier alpha value is -1.66. The molecule has 1 saturated heterocycles. The summed E-state index contributed by atoms with van der Waals surface area (Å²) in [6.45, 7) is 1.79. The van der Waals surface area contributed by atoms with Crippen LogP contribution in [0.5, 0.6) is 0 Å². The molecule has 5 nitrogen and oxygen atoms in total. The van der Waals surface area contributed by atoms with Crippen LogP contribution in [0.3, 0.4) is 0 Å². The highest BCUT2D eigenvalue weighted by molar-refractivity contribution is 6.30. The average molecular weight is 328 g/mol. The van der Waals surface area contributed by atoms with Crippen LogP contribution in [0.25, 0.3) is 0 Å². The summed E-state index contributed by atoms with van der Waals surface area (Å²) in [6.07, 6.45) is 2.21. The zero-order chi connectivity index (χ0) is 14.8. The van der Waals surface area contributed by atoms with E-state index in [0.717, 1.165) is 25.9 Å². The molecule has 0 unspecified atom stereocenters. The summed E-state index contributed by atoms with van der Waals surface area (Å²) in [7, 11) is 0. The molecule has 1 aliphatic rings. The summed E-state index contributed by atoms with van der Waals surface area (Å²) >= 11 is 11.7. The van der Waals surface area contributed by atoms with Crippen molar-refractivity contribution in [3.63, 3.8) is 0 Å². The topological polar surface area (TPSA) is 53.9 Å². The monoisotopic (exact) mass is 327 g/mol. The van der Waals surface area contributed by atoms with Gasteiger partial charge in [-0.05, 0) is 42.6 Å². The summed E-state index contributed by atoms with van der Waals surface area (Å²) < 4.78 is 13.3. The van der Waals surface area contributed by atoms with E-state index in [1.54, 1.807) is 6.07 Å². The highest BCUT2D eigenvalue weighted by Crippen LogP contribution is 2.23. The van der Waals surface area contributed by atoms with E-state index < -0.39 is 5.82 Å². The molecule has 1 aromatic carbocycles. The molecule has 0 saturated carbocycles. The molecule has 1 aliphatic heterocycles. The van der Waals surface area contributed by atoms with Crippen LogP contribution in [-0.2, 0) is 0 Å². The van der Waals surface area contributed by atoms with Gasteiger partial charge in [-0.2, -0.15) is 15.0 Å². The summed E-state index contributed by atoms with van der Waals surface area (Å²) in [6, 6.07) is 4.11. The first-order chi connectivity index (χ1) is 10.1. The lowest BCUT2D eigenvalue weighted by atomic mass is 10.3. The summed E-state index contributed by atoms with van der Waals surface area (Å²) in [5.41, 5.74) is 0.453. The Kier molecular flexibility index (Phi) is 4.07. The molecule has 3 rings (SSSR count). The number of anilines is 3. The van der Waals surface area contributed by atoms with E-state index in [9.17, 15) is 4.39 Å². The molecule has 1 fully saturated rings. The van der Waals surface area contributed by atoms with Crippen LogP contribution in [0, 0.1) is 5.82 Å². The Labute approximate surface area is 131 Å². The SMILES string of the molecule is Fc1cc(Cl)cc(Nc2nc(Cl)nc(N3CCCC3)n2)c1. The van der Waals surface area contributed by atoms with Crippen LogP contribution in [0.4, 0.5) is 22.0 Å². The highest BCUT2D eigenvalue weighted by atomic mass is 35.5. The second-order valence-electron chi connectivity index (χ2n) is 4.71.